The molecule has 1 saturated heterocycles. The zero-order valence-corrected chi connectivity index (χ0v) is 11.1. The second-order valence-corrected chi connectivity index (χ2v) is 4.97. The van der Waals surface area contributed by atoms with Crippen LogP contribution in [0.1, 0.15) is 6.23 Å². The lowest BCUT2D eigenvalue weighted by atomic mass is 10.1. The van der Waals surface area contributed by atoms with Gasteiger partial charge in [-0.3, -0.25) is 14.3 Å². The van der Waals surface area contributed by atoms with Gasteiger partial charge in [0.15, 0.2) is 6.23 Å². The first kappa shape index (κ1) is 13.7. The summed E-state index contributed by atoms with van der Waals surface area (Å²) in [4.78, 5) is 24.8. The first-order valence-corrected chi connectivity index (χ1v) is 6.17. The third-order valence-corrected chi connectivity index (χ3v) is 3.53. The van der Waals surface area contributed by atoms with Gasteiger partial charge in [-0.2, -0.15) is 0 Å². The Morgan fingerprint density at radius 2 is 2.06 bits per heavy atom. The Bertz CT molecular complexity index is 555. The number of aliphatic hydroxyl groups is 3. The molecule has 0 spiro atoms. The summed E-state index contributed by atoms with van der Waals surface area (Å²) in [5.41, 5.74) is -1.31. The fraction of sp³-hybridized carbons (Fsp3) is 0.556. The van der Waals surface area contributed by atoms with Crippen molar-refractivity contribution in [3.05, 3.63) is 30.6 Å². The minimum Gasteiger partial charge on any atom is -0.394 e. The predicted octanol–water partition coefficient (Wildman–Crippen LogP) is -2.25. The first-order valence-electron chi connectivity index (χ1n) is 5.09. The van der Waals surface area contributed by atoms with Crippen LogP contribution < -0.4 is 11.2 Å². The van der Waals surface area contributed by atoms with E-state index >= 15 is 0 Å². The van der Waals surface area contributed by atoms with Gasteiger partial charge in [0.1, 0.15) is 18.3 Å². The predicted molar refractivity (Wildman–Crippen MR) is 67.0 cm³/mol. The van der Waals surface area contributed by atoms with Crippen molar-refractivity contribution in [2.45, 2.75) is 24.5 Å². The van der Waals surface area contributed by atoms with Gasteiger partial charge in [0.2, 0.25) is 0 Å². The molecule has 0 amide bonds. The standard InChI is InChI=1S/C9H11IN2O6/c10-4-1-5(14)11-9(17)12(4)8-7(16)6(15)3(2-13)18-8/h1,3,6-8,13,15-16H,2H2,(H,11,14,17). The average molecular weight is 370 g/mol. The molecule has 1 aliphatic heterocycles. The lowest BCUT2D eigenvalue weighted by molar-refractivity contribution is -0.0562. The molecule has 4 N–H and O–H groups in total. The van der Waals surface area contributed by atoms with Gasteiger partial charge < -0.3 is 20.1 Å². The van der Waals surface area contributed by atoms with E-state index in [9.17, 15) is 19.8 Å². The normalized spacial score (nSPS) is 31.8. The topological polar surface area (TPSA) is 125 Å². The van der Waals surface area contributed by atoms with E-state index in [-0.39, 0.29) is 3.70 Å². The lowest BCUT2D eigenvalue weighted by Gasteiger charge is -2.18. The summed E-state index contributed by atoms with van der Waals surface area (Å²) in [7, 11) is 0. The smallest absolute Gasteiger partial charge is 0.331 e. The van der Waals surface area contributed by atoms with E-state index in [1.165, 1.54) is 0 Å². The van der Waals surface area contributed by atoms with Gasteiger partial charge in [-0.15, -0.1) is 0 Å². The van der Waals surface area contributed by atoms with E-state index in [0.717, 1.165) is 10.6 Å². The summed E-state index contributed by atoms with van der Waals surface area (Å²) in [6, 6.07) is 1.16. The minimum absolute atomic E-state index is 0.260. The van der Waals surface area contributed by atoms with Crippen molar-refractivity contribution < 1.29 is 20.1 Å². The summed E-state index contributed by atoms with van der Waals surface area (Å²) in [5, 5.41) is 28.3. The number of aromatic nitrogens is 2. The van der Waals surface area contributed by atoms with Crippen LogP contribution in [0.15, 0.2) is 15.7 Å². The van der Waals surface area contributed by atoms with Crippen molar-refractivity contribution in [1.82, 2.24) is 9.55 Å². The SMILES string of the molecule is O=c1cc(I)n(C2OC(CO)C(O)C2O)c(=O)[nH]1. The second kappa shape index (κ2) is 5.09. The highest BCUT2D eigenvalue weighted by Gasteiger charge is 2.44. The van der Waals surface area contributed by atoms with Gasteiger partial charge in [0.25, 0.3) is 5.56 Å². The molecule has 100 valence electrons. The van der Waals surface area contributed by atoms with Crippen LogP contribution in [-0.2, 0) is 4.74 Å². The van der Waals surface area contributed by atoms with Gasteiger partial charge in [-0.1, -0.05) is 0 Å². The summed E-state index contributed by atoms with van der Waals surface area (Å²) in [6.07, 6.45) is -4.78. The number of nitrogens with zero attached hydrogens (tertiary/aromatic N) is 1. The second-order valence-electron chi connectivity index (χ2n) is 3.86. The third kappa shape index (κ3) is 2.23. The molecule has 0 saturated carbocycles. The highest BCUT2D eigenvalue weighted by atomic mass is 127. The molecule has 1 fully saturated rings. The molecule has 4 atom stereocenters. The Balaban J connectivity index is 2.45. The zero-order chi connectivity index (χ0) is 13.4. The molecular weight excluding hydrogens is 359 g/mol. The number of aromatic amines is 1. The van der Waals surface area contributed by atoms with Crippen molar-refractivity contribution in [2.24, 2.45) is 0 Å². The van der Waals surface area contributed by atoms with E-state index in [2.05, 4.69) is 0 Å². The minimum atomic E-state index is -1.36. The monoisotopic (exact) mass is 370 g/mol. The van der Waals surface area contributed by atoms with Gasteiger partial charge in [0.05, 0.1) is 10.3 Å². The Morgan fingerprint density at radius 1 is 1.39 bits per heavy atom. The molecule has 2 heterocycles. The van der Waals surface area contributed by atoms with E-state index in [0.29, 0.717) is 0 Å². The van der Waals surface area contributed by atoms with E-state index in [1.54, 1.807) is 22.6 Å². The Morgan fingerprint density at radius 3 is 2.56 bits per heavy atom. The van der Waals surface area contributed by atoms with E-state index in [4.69, 9.17) is 9.84 Å². The van der Waals surface area contributed by atoms with Crippen molar-refractivity contribution >= 4 is 22.6 Å². The van der Waals surface area contributed by atoms with Crippen molar-refractivity contribution in [1.29, 1.82) is 0 Å². The summed E-state index contributed by atoms with van der Waals surface area (Å²) in [6.45, 7) is -0.483. The van der Waals surface area contributed by atoms with Crippen LogP contribution in [0.3, 0.4) is 0 Å². The fourth-order valence-electron chi connectivity index (χ4n) is 1.81. The van der Waals surface area contributed by atoms with E-state index in [1.807, 2.05) is 4.98 Å². The molecule has 18 heavy (non-hydrogen) atoms. The van der Waals surface area contributed by atoms with Crippen LogP contribution in [0.25, 0.3) is 0 Å². The molecule has 8 nitrogen and oxygen atoms in total. The van der Waals surface area contributed by atoms with Crippen LogP contribution in [0.4, 0.5) is 0 Å². The maximum absolute atomic E-state index is 11.7. The third-order valence-electron chi connectivity index (χ3n) is 2.70. The maximum Gasteiger partial charge on any atom is 0.331 e. The highest BCUT2D eigenvalue weighted by Crippen LogP contribution is 2.28. The molecule has 9 heteroatoms. The number of H-pyrrole nitrogens is 1. The van der Waals surface area contributed by atoms with Crippen LogP contribution in [0.5, 0.6) is 0 Å². The quantitative estimate of drug-likeness (QED) is 0.345. The average Bonchev–Trinajstić information content (AvgIpc) is 2.56. The molecule has 0 aliphatic carbocycles. The van der Waals surface area contributed by atoms with Crippen LogP contribution in [0, 0.1) is 3.70 Å². The van der Waals surface area contributed by atoms with Gasteiger partial charge >= 0.3 is 5.69 Å². The van der Waals surface area contributed by atoms with Gasteiger partial charge in [-0.25, -0.2) is 4.79 Å². The molecule has 4 unspecified atom stereocenters. The number of rotatable bonds is 2. The number of hydrogen-bond donors (Lipinski definition) is 4. The molecule has 2 rings (SSSR count). The molecular formula is C9H11IN2O6. The summed E-state index contributed by atoms with van der Waals surface area (Å²) >= 11 is 1.75. The van der Waals surface area contributed by atoms with Gasteiger partial charge in [-0.05, 0) is 22.6 Å². The van der Waals surface area contributed by atoms with E-state index < -0.39 is 42.4 Å². The molecule has 0 radical (unpaired) electrons. The Kier molecular flexibility index (Phi) is 3.87. The zero-order valence-electron chi connectivity index (χ0n) is 8.99. The molecule has 0 bridgehead atoms. The van der Waals surface area contributed by atoms with Gasteiger partial charge in [0, 0.05) is 6.07 Å². The number of nitrogens with one attached hydrogen (secondary N) is 1. The number of ether oxygens (including phenoxy) is 1. The summed E-state index contributed by atoms with van der Waals surface area (Å²) < 4.78 is 6.49. The van der Waals surface area contributed by atoms with Crippen molar-refractivity contribution in [3.63, 3.8) is 0 Å². The molecule has 1 aromatic heterocycles. The largest absolute Gasteiger partial charge is 0.394 e. The number of aliphatic hydroxyl groups excluding tert-OH is 3. The summed E-state index contributed by atoms with van der Waals surface area (Å²) in [5.74, 6) is 0. The number of hydrogen-bond acceptors (Lipinski definition) is 6. The van der Waals surface area contributed by atoms with Crippen molar-refractivity contribution in [3.8, 4) is 0 Å². The highest BCUT2D eigenvalue weighted by molar-refractivity contribution is 14.1. The van der Waals surface area contributed by atoms with Crippen LogP contribution in [0.2, 0.25) is 0 Å². The fourth-order valence-corrected chi connectivity index (χ4v) is 2.58. The van der Waals surface area contributed by atoms with Crippen molar-refractivity contribution in [2.75, 3.05) is 6.61 Å². The Hall–Kier alpha value is -0.750. The number of halogens is 1. The molecule has 1 aromatic rings. The Labute approximate surface area is 114 Å². The van der Waals surface area contributed by atoms with Crippen LogP contribution >= 0.6 is 22.6 Å². The lowest BCUT2D eigenvalue weighted by Crippen LogP contribution is -2.39. The molecule has 0 aromatic carbocycles. The molecule has 1 aliphatic rings. The maximum atomic E-state index is 11.7. The first-order chi connectivity index (χ1) is 8.45. The van der Waals surface area contributed by atoms with Crippen LogP contribution in [-0.4, -0.2) is 49.8 Å².